The van der Waals surface area contributed by atoms with Gasteiger partial charge in [0.15, 0.2) is 0 Å². The maximum Gasteiger partial charge on any atom is 0.0166 e. The van der Waals surface area contributed by atoms with Gasteiger partial charge in [-0.2, -0.15) is 0 Å². The first kappa shape index (κ1) is 10.0. The predicted octanol–water partition coefficient (Wildman–Crippen LogP) is 2.95. The van der Waals surface area contributed by atoms with Crippen LogP contribution < -0.4 is 5.32 Å². The highest BCUT2D eigenvalue weighted by Gasteiger charge is 2.47. The van der Waals surface area contributed by atoms with Gasteiger partial charge in [-0.1, -0.05) is 34.1 Å². The normalized spacial score (nSPS) is 41.5. The van der Waals surface area contributed by atoms with Crippen LogP contribution in [0.4, 0.5) is 0 Å². The number of rotatable bonds is 3. The third kappa shape index (κ3) is 2.01. The van der Waals surface area contributed by atoms with E-state index in [-0.39, 0.29) is 0 Å². The van der Waals surface area contributed by atoms with E-state index >= 15 is 0 Å². The molecule has 0 aliphatic heterocycles. The predicted molar refractivity (Wildman–Crippen MR) is 54.3 cm³/mol. The Labute approximate surface area is 76.9 Å². The summed E-state index contributed by atoms with van der Waals surface area (Å²) in [6, 6.07) is 0.622. The van der Waals surface area contributed by atoms with E-state index in [1.807, 2.05) is 0 Å². The number of hydrogen-bond acceptors (Lipinski definition) is 1. The van der Waals surface area contributed by atoms with Crippen molar-refractivity contribution in [3.8, 4) is 0 Å². The Morgan fingerprint density at radius 2 is 1.75 bits per heavy atom. The summed E-state index contributed by atoms with van der Waals surface area (Å²) in [7, 11) is 0. The Morgan fingerprint density at radius 3 is 2.08 bits per heavy atom. The topological polar surface area (TPSA) is 12.0 Å². The summed E-state index contributed by atoms with van der Waals surface area (Å²) in [5.74, 6) is 0. The van der Waals surface area contributed by atoms with Crippen molar-refractivity contribution in [2.75, 3.05) is 0 Å². The molecule has 12 heavy (non-hydrogen) atoms. The summed E-state index contributed by atoms with van der Waals surface area (Å²) in [5, 5.41) is 3.65. The molecule has 0 radical (unpaired) electrons. The minimum Gasteiger partial charge on any atom is -0.309 e. The molecule has 0 aromatic heterocycles. The van der Waals surface area contributed by atoms with Crippen LogP contribution in [0.15, 0.2) is 0 Å². The van der Waals surface area contributed by atoms with Crippen LogP contribution in [0.5, 0.6) is 0 Å². The molecule has 1 saturated carbocycles. The van der Waals surface area contributed by atoms with E-state index in [0.29, 0.717) is 17.0 Å². The fourth-order valence-corrected chi connectivity index (χ4v) is 2.88. The molecule has 1 aliphatic carbocycles. The number of hydrogen-bond donors (Lipinski definition) is 1. The molecule has 1 fully saturated rings. The van der Waals surface area contributed by atoms with E-state index in [0.717, 1.165) is 0 Å². The van der Waals surface area contributed by atoms with Gasteiger partial charge in [-0.15, -0.1) is 0 Å². The summed E-state index contributed by atoms with van der Waals surface area (Å²) in [4.78, 5) is 0. The summed E-state index contributed by atoms with van der Waals surface area (Å²) in [5.41, 5.74) is 1.05. The molecule has 1 rings (SSSR count). The second kappa shape index (κ2) is 3.02. The van der Waals surface area contributed by atoms with Gasteiger partial charge in [-0.3, -0.25) is 0 Å². The fraction of sp³-hybridized carbons (Fsp3) is 1.00. The summed E-state index contributed by atoms with van der Waals surface area (Å²) < 4.78 is 0. The van der Waals surface area contributed by atoms with E-state index in [9.17, 15) is 0 Å². The summed E-state index contributed by atoms with van der Waals surface area (Å²) >= 11 is 0. The summed E-state index contributed by atoms with van der Waals surface area (Å²) in [6.45, 7) is 11.5. The van der Waals surface area contributed by atoms with E-state index in [4.69, 9.17) is 0 Å². The van der Waals surface area contributed by atoms with Crippen LogP contribution >= 0.6 is 0 Å². The highest BCUT2D eigenvalue weighted by atomic mass is 15.0. The van der Waals surface area contributed by atoms with Crippen LogP contribution in [0, 0.1) is 5.41 Å². The van der Waals surface area contributed by atoms with Crippen molar-refractivity contribution in [3.05, 3.63) is 0 Å². The Balaban J connectivity index is 2.39. The first-order valence-corrected chi connectivity index (χ1v) is 5.17. The minimum absolute atomic E-state index is 0.429. The first-order chi connectivity index (χ1) is 5.39. The lowest BCUT2D eigenvalue weighted by atomic mass is 9.58. The molecule has 72 valence electrons. The Kier molecular flexibility index (Phi) is 2.53. The molecule has 1 heteroatoms. The Morgan fingerprint density at radius 1 is 1.25 bits per heavy atom. The van der Waals surface area contributed by atoms with Crippen molar-refractivity contribution in [2.24, 2.45) is 5.41 Å². The molecule has 0 bridgehead atoms. The standard InChI is InChI=1S/C11H23N/c1-6-10(4)7-11(5,8-10)12-9(2)3/h9,12H,6-8H2,1-5H3. The third-order valence-electron chi connectivity index (χ3n) is 3.12. The minimum atomic E-state index is 0.429. The van der Waals surface area contributed by atoms with Crippen molar-refractivity contribution in [3.63, 3.8) is 0 Å². The Hall–Kier alpha value is -0.0400. The van der Waals surface area contributed by atoms with Gasteiger partial charge in [-0.05, 0) is 25.2 Å². The van der Waals surface area contributed by atoms with E-state index in [1.54, 1.807) is 0 Å². The smallest absolute Gasteiger partial charge is 0.0166 e. The van der Waals surface area contributed by atoms with Crippen molar-refractivity contribution in [1.29, 1.82) is 0 Å². The van der Waals surface area contributed by atoms with Crippen LogP contribution in [-0.4, -0.2) is 11.6 Å². The fourth-order valence-electron chi connectivity index (χ4n) is 2.88. The van der Waals surface area contributed by atoms with Gasteiger partial charge in [-0.25, -0.2) is 0 Å². The van der Waals surface area contributed by atoms with Gasteiger partial charge in [0.2, 0.25) is 0 Å². The van der Waals surface area contributed by atoms with Crippen LogP contribution in [-0.2, 0) is 0 Å². The zero-order chi connectivity index (χ0) is 9.41. The quantitative estimate of drug-likeness (QED) is 0.685. The molecule has 0 aromatic rings. The van der Waals surface area contributed by atoms with Gasteiger partial charge in [0.1, 0.15) is 0 Å². The van der Waals surface area contributed by atoms with E-state index in [2.05, 4.69) is 39.9 Å². The molecule has 0 aromatic carbocycles. The van der Waals surface area contributed by atoms with E-state index < -0.39 is 0 Å². The lowest BCUT2D eigenvalue weighted by molar-refractivity contribution is 0.0203. The molecule has 1 N–H and O–H groups in total. The van der Waals surface area contributed by atoms with Crippen LogP contribution in [0.25, 0.3) is 0 Å². The molecule has 0 unspecified atom stereocenters. The second-order valence-corrected chi connectivity index (χ2v) is 5.38. The maximum absolute atomic E-state index is 3.65. The van der Waals surface area contributed by atoms with Crippen LogP contribution in [0.3, 0.4) is 0 Å². The monoisotopic (exact) mass is 169 g/mol. The molecule has 0 spiro atoms. The van der Waals surface area contributed by atoms with Gasteiger partial charge < -0.3 is 5.32 Å². The van der Waals surface area contributed by atoms with Crippen molar-refractivity contribution >= 4 is 0 Å². The van der Waals surface area contributed by atoms with Gasteiger partial charge in [0.05, 0.1) is 0 Å². The maximum atomic E-state index is 3.65. The summed E-state index contributed by atoms with van der Waals surface area (Å²) in [6.07, 6.45) is 4.01. The average molecular weight is 169 g/mol. The molecule has 0 saturated heterocycles. The molecule has 0 heterocycles. The molecular formula is C11H23N. The van der Waals surface area contributed by atoms with Gasteiger partial charge in [0.25, 0.3) is 0 Å². The molecule has 1 nitrogen and oxygen atoms in total. The zero-order valence-electron chi connectivity index (χ0n) is 9.20. The lowest BCUT2D eigenvalue weighted by Crippen LogP contribution is -2.59. The molecule has 0 amide bonds. The van der Waals surface area contributed by atoms with Gasteiger partial charge >= 0.3 is 0 Å². The second-order valence-electron chi connectivity index (χ2n) is 5.38. The van der Waals surface area contributed by atoms with Gasteiger partial charge in [0, 0.05) is 11.6 Å². The number of nitrogens with one attached hydrogen (secondary N) is 1. The van der Waals surface area contributed by atoms with Crippen LogP contribution in [0.1, 0.15) is 53.9 Å². The first-order valence-electron chi connectivity index (χ1n) is 5.17. The van der Waals surface area contributed by atoms with Crippen molar-refractivity contribution < 1.29 is 0 Å². The SMILES string of the molecule is CCC1(C)CC(C)(NC(C)C)C1. The van der Waals surface area contributed by atoms with Crippen molar-refractivity contribution in [1.82, 2.24) is 5.32 Å². The average Bonchev–Trinajstić information content (AvgIpc) is 1.82. The highest BCUT2D eigenvalue weighted by Crippen LogP contribution is 2.50. The Bertz CT molecular complexity index is 154. The molecule has 0 atom stereocenters. The largest absolute Gasteiger partial charge is 0.309 e. The lowest BCUT2D eigenvalue weighted by Gasteiger charge is -2.54. The molecule has 1 aliphatic rings. The van der Waals surface area contributed by atoms with Crippen LogP contribution in [0.2, 0.25) is 0 Å². The van der Waals surface area contributed by atoms with E-state index in [1.165, 1.54) is 19.3 Å². The zero-order valence-corrected chi connectivity index (χ0v) is 9.20. The highest BCUT2D eigenvalue weighted by molar-refractivity contribution is 5.04. The van der Waals surface area contributed by atoms with Crippen molar-refractivity contribution in [2.45, 2.75) is 65.5 Å². The molecular weight excluding hydrogens is 146 g/mol. The third-order valence-corrected chi connectivity index (χ3v) is 3.12.